The maximum Gasteiger partial charge on any atom is 0.233 e. The first-order valence-electron chi connectivity index (χ1n) is 10.9. The molecule has 172 valence electrons. The maximum atomic E-state index is 14.3. The molecule has 0 saturated heterocycles. The average molecular weight is 477 g/mol. The molecule has 34 heavy (non-hydrogen) atoms. The van der Waals surface area contributed by atoms with Gasteiger partial charge in [0.1, 0.15) is 11.3 Å². The van der Waals surface area contributed by atoms with Crippen molar-refractivity contribution in [3.63, 3.8) is 0 Å². The third-order valence-corrected chi connectivity index (χ3v) is 6.82. The normalized spacial score (nSPS) is 11.4. The highest BCUT2D eigenvalue weighted by molar-refractivity contribution is 7.22. The van der Waals surface area contributed by atoms with E-state index in [0.29, 0.717) is 22.9 Å². The lowest BCUT2D eigenvalue weighted by atomic mass is 10.0. The fourth-order valence-electron chi connectivity index (χ4n) is 4.19. The molecule has 0 saturated carbocycles. The van der Waals surface area contributed by atoms with E-state index in [1.54, 1.807) is 4.90 Å². The minimum absolute atomic E-state index is 0.0653. The Morgan fingerprint density at radius 2 is 1.85 bits per heavy atom. The van der Waals surface area contributed by atoms with Gasteiger partial charge in [0, 0.05) is 18.3 Å². The molecule has 2 heterocycles. The van der Waals surface area contributed by atoms with Gasteiger partial charge in [0.25, 0.3) is 0 Å². The van der Waals surface area contributed by atoms with E-state index in [4.69, 9.17) is 0 Å². The van der Waals surface area contributed by atoms with E-state index in [9.17, 15) is 13.6 Å². The number of anilines is 1. The standard InChI is InChI=1S/C26H22F2N4OS/c1-16-12-17(2)32(30-16)11-10-31(26-29-25-22(28)14-20(27)15-23(25)34-26)24(33)13-19-8-5-7-18-6-3-4-9-21(18)19/h3-9,12,14-15H,10-11,13H2,1-2H3. The van der Waals surface area contributed by atoms with Crippen molar-refractivity contribution in [3.05, 3.63) is 89.2 Å². The molecule has 0 unspecified atom stereocenters. The lowest BCUT2D eigenvalue weighted by Gasteiger charge is -2.21. The van der Waals surface area contributed by atoms with Crippen LogP contribution >= 0.6 is 11.3 Å². The highest BCUT2D eigenvalue weighted by Crippen LogP contribution is 2.32. The quantitative estimate of drug-likeness (QED) is 0.310. The summed E-state index contributed by atoms with van der Waals surface area (Å²) >= 11 is 1.11. The Morgan fingerprint density at radius 1 is 1.06 bits per heavy atom. The Kier molecular flexibility index (Phi) is 5.83. The van der Waals surface area contributed by atoms with E-state index in [0.717, 1.165) is 45.1 Å². The Hall–Kier alpha value is -3.65. The van der Waals surface area contributed by atoms with Crippen LogP contribution in [0.3, 0.4) is 0 Å². The summed E-state index contributed by atoms with van der Waals surface area (Å²) in [5.41, 5.74) is 2.84. The van der Waals surface area contributed by atoms with Crippen molar-refractivity contribution in [2.24, 2.45) is 0 Å². The number of rotatable bonds is 6. The smallest absolute Gasteiger partial charge is 0.233 e. The maximum absolute atomic E-state index is 14.3. The summed E-state index contributed by atoms with van der Waals surface area (Å²) in [5, 5.41) is 6.88. The van der Waals surface area contributed by atoms with Crippen molar-refractivity contribution >= 4 is 43.4 Å². The number of carbonyl (C=O) groups excluding carboxylic acids is 1. The molecule has 0 fully saturated rings. The molecule has 8 heteroatoms. The van der Waals surface area contributed by atoms with Gasteiger partial charge < -0.3 is 0 Å². The number of carbonyl (C=O) groups is 1. The number of benzene rings is 3. The third kappa shape index (κ3) is 4.28. The van der Waals surface area contributed by atoms with Gasteiger partial charge in [-0.15, -0.1) is 0 Å². The first-order chi connectivity index (χ1) is 16.4. The van der Waals surface area contributed by atoms with Gasteiger partial charge in [0.05, 0.1) is 23.4 Å². The van der Waals surface area contributed by atoms with Crippen molar-refractivity contribution in [3.8, 4) is 0 Å². The highest BCUT2D eigenvalue weighted by Gasteiger charge is 2.22. The summed E-state index contributed by atoms with van der Waals surface area (Å²) in [5.74, 6) is -1.58. The zero-order chi connectivity index (χ0) is 23.8. The lowest BCUT2D eigenvalue weighted by Crippen LogP contribution is -2.35. The van der Waals surface area contributed by atoms with Gasteiger partial charge in [-0.05, 0) is 42.3 Å². The number of hydrogen-bond acceptors (Lipinski definition) is 4. The number of aryl methyl sites for hydroxylation is 2. The van der Waals surface area contributed by atoms with Gasteiger partial charge in [0.2, 0.25) is 5.91 Å². The first kappa shape index (κ1) is 22.2. The zero-order valence-corrected chi connectivity index (χ0v) is 19.6. The Balaban J connectivity index is 1.51. The molecule has 0 aliphatic carbocycles. The van der Waals surface area contributed by atoms with E-state index < -0.39 is 11.6 Å². The molecule has 0 atom stereocenters. The minimum Gasteiger partial charge on any atom is -0.286 e. The summed E-state index contributed by atoms with van der Waals surface area (Å²) in [7, 11) is 0. The number of thiazole rings is 1. The topological polar surface area (TPSA) is 51.0 Å². The van der Waals surface area contributed by atoms with Crippen LogP contribution in [0, 0.1) is 25.5 Å². The fourth-order valence-corrected chi connectivity index (χ4v) is 5.24. The van der Waals surface area contributed by atoms with Crippen LogP contribution in [-0.4, -0.2) is 27.2 Å². The molecule has 0 aliphatic heterocycles. The SMILES string of the molecule is Cc1cc(C)n(CCN(C(=O)Cc2cccc3ccccc23)c2nc3c(F)cc(F)cc3s2)n1. The fraction of sp³-hybridized carbons (Fsp3) is 0.192. The average Bonchev–Trinajstić information content (AvgIpc) is 3.36. The van der Waals surface area contributed by atoms with E-state index in [1.807, 2.05) is 67.1 Å². The summed E-state index contributed by atoms with van der Waals surface area (Å²) in [6.45, 7) is 4.62. The van der Waals surface area contributed by atoms with Crippen molar-refractivity contribution in [1.29, 1.82) is 0 Å². The monoisotopic (exact) mass is 476 g/mol. The van der Waals surface area contributed by atoms with Gasteiger partial charge in [-0.2, -0.15) is 5.10 Å². The second-order valence-electron chi connectivity index (χ2n) is 8.24. The number of halogens is 2. The van der Waals surface area contributed by atoms with Crippen molar-refractivity contribution < 1.29 is 13.6 Å². The van der Waals surface area contributed by atoms with Crippen molar-refractivity contribution in [1.82, 2.24) is 14.8 Å². The van der Waals surface area contributed by atoms with Crippen LogP contribution < -0.4 is 4.90 Å². The molecule has 5 rings (SSSR count). The third-order valence-electron chi connectivity index (χ3n) is 5.79. The number of hydrogen-bond donors (Lipinski definition) is 0. The molecule has 1 amide bonds. The predicted molar refractivity (Wildman–Crippen MR) is 131 cm³/mol. The van der Waals surface area contributed by atoms with Gasteiger partial charge in [0.15, 0.2) is 10.9 Å². The molecule has 2 aromatic heterocycles. The number of fused-ring (bicyclic) bond motifs is 2. The lowest BCUT2D eigenvalue weighted by molar-refractivity contribution is -0.118. The molecule has 3 aromatic carbocycles. The first-order valence-corrected chi connectivity index (χ1v) is 11.7. The number of aromatic nitrogens is 3. The van der Waals surface area contributed by atoms with Gasteiger partial charge in [-0.3, -0.25) is 14.4 Å². The van der Waals surface area contributed by atoms with Gasteiger partial charge in [-0.25, -0.2) is 13.8 Å². The number of nitrogens with zero attached hydrogens (tertiary/aromatic N) is 4. The Bertz CT molecular complexity index is 1520. The van der Waals surface area contributed by atoms with Gasteiger partial charge in [-0.1, -0.05) is 53.8 Å². The van der Waals surface area contributed by atoms with Crippen LogP contribution in [0.15, 0.2) is 60.7 Å². The summed E-state index contributed by atoms with van der Waals surface area (Å²) < 4.78 is 30.3. The zero-order valence-electron chi connectivity index (χ0n) is 18.8. The molecule has 0 aliphatic rings. The second-order valence-corrected chi connectivity index (χ2v) is 9.25. The molecule has 5 nitrogen and oxygen atoms in total. The molecule has 0 radical (unpaired) electrons. The summed E-state index contributed by atoms with van der Waals surface area (Å²) in [6, 6.07) is 17.8. The molecule has 0 bridgehead atoms. The van der Waals surface area contributed by atoms with E-state index in [1.165, 1.54) is 6.07 Å². The van der Waals surface area contributed by atoms with Crippen LogP contribution in [-0.2, 0) is 17.8 Å². The van der Waals surface area contributed by atoms with Crippen molar-refractivity contribution in [2.45, 2.75) is 26.8 Å². The van der Waals surface area contributed by atoms with E-state index >= 15 is 0 Å². The summed E-state index contributed by atoms with van der Waals surface area (Å²) in [6.07, 6.45) is 0.158. The largest absolute Gasteiger partial charge is 0.286 e. The Labute approximate surface area is 199 Å². The van der Waals surface area contributed by atoms with Crippen LogP contribution in [0.2, 0.25) is 0 Å². The Morgan fingerprint density at radius 3 is 2.65 bits per heavy atom. The summed E-state index contributed by atoms with van der Waals surface area (Å²) in [4.78, 5) is 19.5. The van der Waals surface area contributed by atoms with Gasteiger partial charge >= 0.3 is 0 Å². The van der Waals surface area contributed by atoms with Crippen molar-refractivity contribution in [2.75, 3.05) is 11.4 Å². The molecule has 5 aromatic rings. The highest BCUT2D eigenvalue weighted by atomic mass is 32.1. The second kappa shape index (κ2) is 8.95. The molecular weight excluding hydrogens is 454 g/mol. The van der Waals surface area contributed by atoms with E-state index in [2.05, 4.69) is 10.1 Å². The van der Waals surface area contributed by atoms with E-state index in [-0.39, 0.29) is 17.8 Å². The molecule has 0 spiro atoms. The predicted octanol–water partition coefficient (Wildman–Crippen LogP) is 5.82. The van der Waals surface area contributed by atoms with Crippen LogP contribution in [0.5, 0.6) is 0 Å². The van der Waals surface area contributed by atoms with Crippen LogP contribution in [0.1, 0.15) is 17.0 Å². The van der Waals surface area contributed by atoms with Crippen LogP contribution in [0.4, 0.5) is 13.9 Å². The molecule has 0 N–H and O–H groups in total. The van der Waals surface area contributed by atoms with Crippen LogP contribution in [0.25, 0.3) is 21.0 Å². The molecular formula is C26H22F2N4OS. The minimum atomic E-state index is -0.738. The number of amides is 1.